The molecule has 21 heavy (non-hydrogen) atoms. The first-order valence-corrected chi connectivity index (χ1v) is 8.50. The Balaban J connectivity index is 1.70. The first-order valence-electron chi connectivity index (χ1n) is 8.12. The van der Waals surface area contributed by atoms with E-state index in [1.54, 1.807) is 0 Å². The minimum absolute atomic E-state index is 0.763. The minimum Gasteiger partial charge on any atom is -0.368 e. The number of halogens is 1. The van der Waals surface area contributed by atoms with E-state index < -0.39 is 0 Å². The van der Waals surface area contributed by atoms with E-state index in [9.17, 15) is 0 Å². The number of piperazine rings is 1. The largest absolute Gasteiger partial charge is 0.368 e. The van der Waals surface area contributed by atoms with Gasteiger partial charge in [-0.3, -0.25) is 4.90 Å². The summed E-state index contributed by atoms with van der Waals surface area (Å²) in [4.78, 5) is 4.97. The lowest BCUT2D eigenvalue weighted by atomic mass is 10.0. The number of hydrogen-bond donors (Lipinski definition) is 1. The molecule has 1 aromatic carbocycles. The Morgan fingerprint density at radius 3 is 2.52 bits per heavy atom. The van der Waals surface area contributed by atoms with E-state index in [-0.39, 0.29) is 0 Å². The van der Waals surface area contributed by atoms with Crippen molar-refractivity contribution in [2.45, 2.75) is 26.2 Å². The van der Waals surface area contributed by atoms with Crippen molar-refractivity contribution in [3.05, 3.63) is 29.3 Å². The Morgan fingerprint density at radius 1 is 1.14 bits per heavy atom. The molecule has 1 aromatic rings. The van der Waals surface area contributed by atoms with Gasteiger partial charge in [0.15, 0.2) is 0 Å². The summed E-state index contributed by atoms with van der Waals surface area (Å²) in [6, 6.07) is 8.14. The van der Waals surface area contributed by atoms with Crippen LogP contribution < -0.4 is 10.6 Å². The quantitative estimate of drug-likeness (QED) is 0.839. The molecule has 0 radical (unpaired) electrons. The van der Waals surface area contributed by atoms with Gasteiger partial charge >= 0.3 is 0 Å². The average molecular weight is 310 g/mol. The number of para-hydroxylation sites is 1. The molecule has 0 amide bonds. The maximum Gasteiger partial charge on any atom is 0.0639 e. The van der Waals surface area contributed by atoms with Crippen LogP contribution in [0.15, 0.2) is 24.3 Å². The Hall–Kier alpha value is -0.770. The van der Waals surface area contributed by atoms with Crippen LogP contribution in [0.5, 0.6) is 0 Å². The number of nitrogens with zero attached hydrogens (tertiary/aromatic N) is 2. The molecule has 0 aliphatic carbocycles. The molecule has 4 heteroatoms. The monoisotopic (exact) mass is 309 g/mol. The van der Waals surface area contributed by atoms with E-state index in [4.69, 9.17) is 17.3 Å². The highest BCUT2D eigenvalue weighted by Gasteiger charge is 2.18. The van der Waals surface area contributed by atoms with E-state index in [2.05, 4.69) is 28.9 Å². The van der Waals surface area contributed by atoms with E-state index in [0.717, 1.165) is 50.1 Å². The fourth-order valence-corrected chi connectivity index (χ4v) is 3.27. The number of hydrogen-bond acceptors (Lipinski definition) is 3. The number of rotatable bonds is 7. The third kappa shape index (κ3) is 5.17. The van der Waals surface area contributed by atoms with E-state index in [1.165, 1.54) is 25.1 Å². The van der Waals surface area contributed by atoms with Crippen LogP contribution in [-0.4, -0.2) is 44.2 Å². The van der Waals surface area contributed by atoms with Gasteiger partial charge in [-0.1, -0.05) is 30.7 Å². The molecule has 0 saturated carbocycles. The fraction of sp³-hybridized carbons (Fsp3) is 0.647. The van der Waals surface area contributed by atoms with Crippen molar-refractivity contribution in [3.63, 3.8) is 0 Å². The normalized spacial score (nSPS) is 18.0. The molecular weight excluding hydrogens is 282 g/mol. The predicted molar refractivity (Wildman–Crippen MR) is 92.2 cm³/mol. The molecule has 2 rings (SSSR count). The Kier molecular flexibility index (Phi) is 6.81. The van der Waals surface area contributed by atoms with Gasteiger partial charge in [0.1, 0.15) is 0 Å². The molecule has 1 atom stereocenters. The van der Waals surface area contributed by atoms with Crippen molar-refractivity contribution in [2.24, 2.45) is 11.7 Å². The molecule has 1 heterocycles. The fourth-order valence-electron chi connectivity index (χ4n) is 3.01. The van der Waals surface area contributed by atoms with Gasteiger partial charge in [0.2, 0.25) is 0 Å². The molecule has 1 saturated heterocycles. The maximum absolute atomic E-state index is 6.28. The zero-order chi connectivity index (χ0) is 15.1. The summed E-state index contributed by atoms with van der Waals surface area (Å²) in [5.74, 6) is 0.763. The number of benzene rings is 1. The van der Waals surface area contributed by atoms with Crippen molar-refractivity contribution in [3.8, 4) is 0 Å². The summed E-state index contributed by atoms with van der Waals surface area (Å²) in [5, 5.41) is 0.863. The van der Waals surface area contributed by atoms with Crippen molar-refractivity contribution in [1.82, 2.24) is 4.90 Å². The van der Waals surface area contributed by atoms with Gasteiger partial charge in [-0.15, -0.1) is 0 Å². The zero-order valence-electron chi connectivity index (χ0n) is 13.1. The second-order valence-electron chi connectivity index (χ2n) is 6.10. The van der Waals surface area contributed by atoms with Gasteiger partial charge in [0, 0.05) is 26.2 Å². The van der Waals surface area contributed by atoms with Crippen LogP contribution in [0.4, 0.5) is 5.69 Å². The standard InChI is InChI=1S/C17H28ClN3/c1-15(8-9-19)5-4-10-20-11-13-21(14-12-20)17-7-3-2-6-16(17)18/h2-3,6-7,15H,4-5,8-14,19H2,1H3. The van der Waals surface area contributed by atoms with E-state index in [1.807, 2.05) is 12.1 Å². The first kappa shape index (κ1) is 16.6. The second-order valence-corrected chi connectivity index (χ2v) is 6.51. The highest BCUT2D eigenvalue weighted by molar-refractivity contribution is 6.33. The number of nitrogens with two attached hydrogens (primary N) is 1. The molecule has 0 bridgehead atoms. The lowest BCUT2D eigenvalue weighted by Gasteiger charge is -2.36. The van der Waals surface area contributed by atoms with Gasteiger partial charge < -0.3 is 10.6 Å². The first-order chi connectivity index (χ1) is 10.2. The van der Waals surface area contributed by atoms with Crippen LogP contribution in [0.1, 0.15) is 26.2 Å². The Morgan fingerprint density at radius 2 is 1.86 bits per heavy atom. The van der Waals surface area contributed by atoms with Crippen molar-refractivity contribution >= 4 is 17.3 Å². The van der Waals surface area contributed by atoms with Crippen molar-refractivity contribution in [2.75, 3.05) is 44.2 Å². The minimum atomic E-state index is 0.763. The maximum atomic E-state index is 6.28. The highest BCUT2D eigenvalue weighted by atomic mass is 35.5. The van der Waals surface area contributed by atoms with Gasteiger partial charge in [0.25, 0.3) is 0 Å². The molecule has 2 N–H and O–H groups in total. The topological polar surface area (TPSA) is 32.5 Å². The van der Waals surface area contributed by atoms with Crippen LogP contribution >= 0.6 is 11.6 Å². The summed E-state index contributed by atoms with van der Waals surface area (Å²) >= 11 is 6.28. The molecular formula is C17H28ClN3. The smallest absolute Gasteiger partial charge is 0.0639 e. The van der Waals surface area contributed by atoms with Crippen LogP contribution in [0, 0.1) is 5.92 Å². The Labute approximate surface area is 134 Å². The highest BCUT2D eigenvalue weighted by Crippen LogP contribution is 2.26. The summed E-state index contributed by atoms with van der Waals surface area (Å²) in [6.07, 6.45) is 3.73. The molecule has 0 spiro atoms. The van der Waals surface area contributed by atoms with Crippen LogP contribution in [0.25, 0.3) is 0 Å². The molecule has 1 aliphatic rings. The third-order valence-corrected chi connectivity index (χ3v) is 4.72. The summed E-state index contributed by atoms with van der Waals surface area (Å²) < 4.78 is 0. The SMILES string of the molecule is CC(CCN)CCCN1CCN(c2ccccc2Cl)CC1. The molecule has 118 valence electrons. The lowest BCUT2D eigenvalue weighted by Crippen LogP contribution is -2.46. The zero-order valence-corrected chi connectivity index (χ0v) is 13.9. The second kappa shape index (κ2) is 8.62. The van der Waals surface area contributed by atoms with Crippen LogP contribution in [-0.2, 0) is 0 Å². The van der Waals surface area contributed by atoms with Gasteiger partial charge in [-0.05, 0) is 50.4 Å². The van der Waals surface area contributed by atoms with Crippen molar-refractivity contribution in [1.29, 1.82) is 0 Å². The van der Waals surface area contributed by atoms with Gasteiger partial charge in [0.05, 0.1) is 10.7 Å². The third-order valence-electron chi connectivity index (χ3n) is 4.40. The number of anilines is 1. The van der Waals surface area contributed by atoms with Crippen LogP contribution in [0.3, 0.4) is 0 Å². The lowest BCUT2D eigenvalue weighted by molar-refractivity contribution is 0.247. The average Bonchev–Trinajstić information content (AvgIpc) is 2.49. The van der Waals surface area contributed by atoms with E-state index in [0.29, 0.717) is 0 Å². The van der Waals surface area contributed by atoms with E-state index >= 15 is 0 Å². The summed E-state index contributed by atoms with van der Waals surface area (Å²) in [6.45, 7) is 8.75. The molecule has 1 fully saturated rings. The molecule has 1 aliphatic heterocycles. The molecule has 1 unspecified atom stereocenters. The molecule has 0 aromatic heterocycles. The van der Waals surface area contributed by atoms with Gasteiger partial charge in [-0.25, -0.2) is 0 Å². The summed E-state index contributed by atoms with van der Waals surface area (Å²) in [5.41, 5.74) is 6.78. The Bertz CT molecular complexity index is 416. The summed E-state index contributed by atoms with van der Waals surface area (Å²) in [7, 11) is 0. The van der Waals surface area contributed by atoms with Gasteiger partial charge in [-0.2, -0.15) is 0 Å². The van der Waals surface area contributed by atoms with Crippen molar-refractivity contribution < 1.29 is 0 Å². The predicted octanol–water partition coefficient (Wildman–Crippen LogP) is 3.23. The van der Waals surface area contributed by atoms with Crippen LogP contribution in [0.2, 0.25) is 5.02 Å². The molecule has 3 nitrogen and oxygen atoms in total.